The van der Waals surface area contributed by atoms with Crippen LogP contribution in [0.2, 0.25) is 0 Å². The molecule has 1 nitrogen and oxygen atoms in total. The first-order chi connectivity index (χ1) is 3.41. The Morgan fingerprint density at radius 3 is 2.86 bits per heavy atom. The summed E-state index contributed by atoms with van der Waals surface area (Å²) in [5.41, 5.74) is 0. The Hall–Kier alpha value is -0.660. The van der Waals surface area contributed by atoms with E-state index in [2.05, 4.69) is 4.99 Å². The summed E-state index contributed by atoms with van der Waals surface area (Å²) in [7, 11) is 0. The molecule has 7 heavy (non-hydrogen) atoms. The van der Waals surface area contributed by atoms with E-state index in [0.717, 1.165) is 0 Å². The van der Waals surface area contributed by atoms with Crippen molar-refractivity contribution >= 4 is 6.21 Å². The fourth-order valence-electron chi connectivity index (χ4n) is 0.187. The van der Waals surface area contributed by atoms with Crippen LogP contribution in [-0.4, -0.2) is 12.9 Å². The van der Waals surface area contributed by atoms with Crippen LogP contribution < -0.4 is 0 Å². The lowest BCUT2D eigenvalue weighted by molar-refractivity contribution is 0.587. The zero-order valence-corrected chi connectivity index (χ0v) is 4.26. The second-order valence-corrected chi connectivity index (χ2v) is 0.968. The Balaban J connectivity index is 3.09. The minimum atomic E-state index is -0.482. The van der Waals surface area contributed by atoms with E-state index in [4.69, 9.17) is 0 Å². The van der Waals surface area contributed by atoms with Gasteiger partial charge in [-0.25, -0.2) is 4.39 Å². The molecule has 0 aliphatic heterocycles. The fourth-order valence-corrected chi connectivity index (χ4v) is 0.187. The highest BCUT2D eigenvalue weighted by molar-refractivity contribution is 5.58. The van der Waals surface area contributed by atoms with Crippen molar-refractivity contribution in [2.24, 2.45) is 4.99 Å². The standard InChI is InChI=1S/C5H8FN/c1-2-4-7-5-3-6/h2,4-5H,3H2,1H3/b4-2-,7-5?. The van der Waals surface area contributed by atoms with Crippen LogP contribution in [0.15, 0.2) is 17.3 Å². The van der Waals surface area contributed by atoms with Crippen LogP contribution in [0, 0.1) is 0 Å². The van der Waals surface area contributed by atoms with Crippen molar-refractivity contribution in [2.45, 2.75) is 6.92 Å². The van der Waals surface area contributed by atoms with Crippen molar-refractivity contribution < 1.29 is 4.39 Å². The van der Waals surface area contributed by atoms with Gasteiger partial charge in [-0.3, -0.25) is 4.99 Å². The van der Waals surface area contributed by atoms with E-state index in [1.54, 1.807) is 12.3 Å². The van der Waals surface area contributed by atoms with E-state index in [1.165, 1.54) is 6.21 Å². The van der Waals surface area contributed by atoms with Crippen LogP contribution in [0.1, 0.15) is 6.92 Å². The average Bonchev–Trinajstić information content (AvgIpc) is 1.69. The summed E-state index contributed by atoms with van der Waals surface area (Å²) < 4.78 is 11.1. The van der Waals surface area contributed by atoms with Crippen LogP contribution >= 0.6 is 0 Å². The van der Waals surface area contributed by atoms with Crippen LogP contribution in [0.4, 0.5) is 4.39 Å². The van der Waals surface area contributed by atoms with Gasteiger partial charge < -0.3 is 0 Å². The second kappa shape index (κ2) is 5.34. The van der Waals surface area contributed by atoms with Gasteiger partial charge in [0.05, 0.1) is 0 Å². The van der Waals surface area contributed by atoms with E-state index >= 15 is 0 Å². The first kappa shape index (κ1) is 6.34. The largest absolute Gasteiger partial charge is 0.267 e. The number of halogens is 1. The molecule has 0 aromatic heterocycles. The average molecular weight is 101 g/mol. The van der Waals surface area contributed by atoms with E-state index in [9.17, 15) is 4.39 Å². The smallest absolute Gasteiger partial charge is 0.125 e. The lowest BCUT2D eigenvalue weighted by Gasteiger charge is -1.69. The van der Waals surface area contributed by atoms with Crippen LogP contribution in [-0.2, 0) is 0 Å². The van der Waals surface area contributed by atoms with Crippen molar-refractivity contribution in [3.05, 3.63) is 12.3 Å². The topological polar surface area (TPSA) is 12.4 Å². The van der Waals surface area contributed by atoms with Gasteiger partial charge in [0.1, 0.15) is 6.67 Å². The Labute approximate surface area is 42.6 Å². The third-order valence-electron chi connectivity index (χ3n) is 0.410. The first-order valence-electron chi connectivity index (χ1n) is 2.10. The van der Waals surface area contributed by atoms with Gasteiger partial charge in [-0.2, -0.15) is 0 Å². The lowest BCUT2D eigenvalue weighted by atomic mass is 10.7. The predicted octanol–water partition coefficient (Wildman–Crippen LogP) is 1.56. The van der Waals surface area contributed by atoms with Crippen molar-refractivity contribution in [1.82, 2.24) is 0 Å². The van der Waals surface area contributed by atoms with Gasteiger partial charge in [-0.15, -0.1) is 0 Å². The molecule has 0 spiro atoms. The molecule has 0 saturated carbocycles. The molecule has 0 amide bonds. The third-order valence-corrected chi connectivity index (χ3v) is 0.410. The van der Waals surface area contributed by atoms with E-state index in [1.807, 2.05) is 6.92 Å². The minimum Gasteiger partial charge on any atom is -0.267 e. The van der Waals surface area contributed by atoms with Gasteiger partial charge >= 0.3 is 0 Å². The first-order valence-corrected chi connectivity index (χ1v) is 2.10. The Kier molecular flexibility index (Phi) is 4.84. The molecule has 0 unspecified atom stereocenters. The number of rotatable bonds is 2. The molecule has 2 heteroatoms. The minimum absolute atomic E-state index is 0.482. The Morgan fingerprint density at radius 1 is 1.71 bits per heavy atom. The number of nitrogens with zero attached hydrogens (tertiary/aromatic N) is 1. The summed E-state index contributed by atoms with van der Waals surface area (Å²) in [5.74, 6) is 0. The SMILES string of the molecule is C/C=C\N=CCF. The normalized spacial score (nSPS) is 11.7. The Morgan fingerprint density at radius 2 is 2.43 bits per heavy atom. The molecule has 0 atom stereocenters. The molecule has 0 radical (unpaired) electrons. The summed E-state index contributed by atoms with van der Waals surface area (Å²) in [4.78, 5) is 3.53. The summed E-state index contributed by atoms with van der Waals surface area (Å²) in [6.07, 6.45) is 4.49. The number of allylic oxidation sites excluding steroid dienone is 1. The number of hydrogen-bond donors (Lipinski definition) is 0. The van der Waals surface area contributed by atoms with Gasteiger partial charge in [-0.1, -0.05) is 6.08 Å². The summed E-state index contributed by atoms with van der Waals surface area (Å²) >= 11 is 0. The number of hydrogen-bond acceptors (Lipinski definition) is 1. The molecule has 0 saturated heterocycles. The highest BCUT2D eigenvalue weighted by atomic mass is 19.1. The number of alkyl halides is 1. The van der Waals surface area contributed by atoms with Crippen LogP contribution in [0.25, 0.3) is 0 Å². The van der Waals surface area contributed by atoms with Crippen molar-refractivity contribution in [3.63, 3.8) is 0 Å². The third kappa shape index (κ3) is 5.34. The van der Waals surface area contributed by atoms with Gasteiger partial charge in [-0.05, 0) is 6.92 Å². The summed E-state index contributed by atoms with van der Waals surface area (Å²) in [5, 5.41) is 0. The lowest BCUT2D eigenvalue weighted by Crippen LogP contribution is -1.69. The van der Waals surface area contributed by atoms with Crippen molar-refractivity contribution in [3.8, 4) is 0 Å². The van der Waals surface area contributed by atoms with Crippen LogP contribution in [0.3, 0.4) is 0 Å². The highest BCUT2D eigenvalue weighted by Gasteiger charge is 1.61. The molecule has 0 aromatic carbocycles. The molecular weight excluding hydrogens is 93.1 g/mol. The molecule has 0 fully saturated rings. The van der Waals surface area contributed by atoms with Gasteiger partial charge in [0.25, 0.3) is 0 Å². The highest BCUT2D eigenvalue weighted by Crippen LogP contribution is 1.69. The molecule has 40 valence electrons. The van der Waals surface area contributed by atoms with Crippen LogP contribution in [0.5, 0.6) is 0 Å². The molecular formula is C5H8FN. The zero-order valence-electron chi connectivity index (χ0n) is 4.26. The summed E-state index contributed by atoms with van der Waals surface area (Å²) in [6, 6.07) is 0. The maximum Gasteiger partial charge on any atom is 0.125 e. The van der Waals surface area contributed by atoms with E-state index < -0.39 is 6.67 Å². The summed E-state index contributed by atoms with van der Waals surface area (Å²) in [6.45, 7) is 1.35. The predicted molar refractivity (Wildman–Crippen MR) is 29.3 cm³/mol. The van der Waals surface area contributed by atoms with Gasteiger partial charge in [0, 0.05) is 12.4 Å². The zero-order chi connectivity index (χ0) is 5.54. The molecule has 0 rings (SSSR count). The fraction of sp³-hybridized carbons (Fsp3) is 0.400. The van der Waals surface area contributed by atoms with E-state index in [0.29, 0.717) is 0 Å². The van der Waals surface area contributed by atoms with Crippen molar-refractivity contribution in [2.75, 3.05) is 6.67 Å². The molecule has 0 N–H and O–H groups in total. The molecule has 0 aromatic rings. The molecule has 0 bridgehead atoms. The molecule has 0 heterocycles. The maximum atomic E-state index is 11.1. The Bertz CT molecular complexity index is 76.1. The molecule has 0 aliphatic carbocycles. The quantitative estimate of drug-likeness (QED) is 0.468. The maximum absolute atomic E-state index is 11.1. The second-order valence-electron chi connectivity index (χ2n) is 0.968. The van der Waals surface area contributed by atoms with E-state index in [-0.39, 0.29) is 0 Å². The van der Waals surface area contributed by atoms with Crippen molar-refractivity contribution in [1.29, 1.82) is 0 Å². The monoisotopic (exact) mass is 101 g/mol. The van der Waals surface area contributed by atoms with Gasteiger partial charge in [0.15, 0.2) is 0 Å². The molecule has 0 aliphatic rings. The van der Waals surface area contributed by atoms with Gasteiger partial charge in [0.2, 0.25) is 0 Å². The number of aliphatic imine (C=N–C) groups is 1.